The van der Waals surface area contributed by atoms with Crippen molar-refractivity contribution in [1.29, 1.82) is 0 Å². The fraction of sp³-hybridized carbons (Fsp3) is 0.333. The van der Waals surface area contributed by atoms with Crippen molar-refractivity contribution in [1.82, 2.24) is 15.0 Å². The first-order valence-corrected chi connectivity index (χ1v) is 5.54. The largest absolute Gasteiger partial charge is 0.325 e. The number of aromatic nitrogens is 3. The van der Waals surface area contributed by atoms with Gasteiger partial charge in [-0.25, -0.2) is 9.07 Å². The lowest BCUT2D eigenvalue weighted by Crippen LogP contribution is -2.11. The lowest BCUT2D eigenvalue weighted by atomic mass is 10.1. The predicted octanol–water partition coefficient (Wildman–Crippen LogP) is 2.12. The Kier molecular flexibility index (Phi) is 3.19. The first-order chi connectivity index (χ1) is 8.15. The molecule has 4 nitrogen and oxygen atoms in total. The van der Waals surface area contributed by atoms with Crippen LogP contribution in [0.25, 0.3) is 11.3 Å². The van der Waals surface area contributed by atoms with E-state index >= 15 is 0 Å². The Hall–Kier alpha value is -1.75. The molecule has 17 heavy (non-hydrogen) atoms. The van der Waals surface area contributed by atoms with Crippen molar-refractivity contribution in [2.45, 2.75) is 26.4 Å². The van der Waals surface area contributed by atoms with Gasteiger partial charge in [0.25, 0.3) is 0 Å². The van der Waals surface area contributed by atoms with Crippen LogP contribution in [-0.2, 0) is 6.54 Å². The molecular weight excluding hydrogens is 219 g/mol. The van der Waals surface area contributed by atoms with E-state index in [1.54, 1.807) is 22.9 Å². The van der Waals surface area contributed by atoms with Crippen molar-refractivity contribution in [3.8, 4) is 11.3 Å². The third-order valence-corrected chi connectivity index (χ3v) is 2.60. The lowest BCUT2D eigenvalue weighted by Gasteiger charge is -2.09. The Balaban J connectivity index is 2.57. The monoisotopic (exact) mass is 234 g/mol. The van der Waals surface area contributed by atoms with Crippen molar-refractivity contribution in [3.63, 3.8) is 0 Å². The normalized spacial score (nSPS) is 11.1. The van der Waals surface area contributed by atoms with Gasteiger partial charge in [0.15, 0.2) is 0 Å². The average Bonchev–Trinajstić information content (AvgIpc) is 2.73. The minimum Gasteiger partial charge on any atom is -0.325 e. The molecule has 0 aliphatic heterocycles. The van der Waals surface area contributed by atoms with E-state index in [4.69, 9.17) is 5.73 Å². The van der Waals surface area contributed by atoms with Gasteiger partial charge >= 0.3 is 0 Å². The molecular formula is C12H15FN4. The van der Waals surface area contributed by atoms with E-state index in [1.807, 2.05) is 13.8 Å². The van der Waals surface area contributed by atoms with Crippen LogP contribution in [-0.4, -0.2) is 15.0 Å². The Bertz CT molecular complexity index is 519. The maximum atomic E-state index is 13.7. The average molecular weight is 234 g/mol. The van der Waals surface area contributed by atoms with E-state index in [9.17, 15) is 4.39 Å². The second kappa shape index (κ2) is 4.63. The zero-order valence-electron chi connectivity index (χ0n) is 9.89. The van der Waals surface area contributed by atoms with Gasteiger partial charge in [-0.15, -0.1) is 5.10 Å². The zero-order valence-corrected chi connectivity index (χ0v) is 9.89. The first-order valence-electron chi connectivity index (χ1n) is 5.54. The van der Waals surface area contributed by atoms with E-state index in [0.29, 0.717) is 11.3 Å². The van der Waals surface area contributed by atoms with Gasteiger partial charge in [-0.3, -0.25) is 0 Å². The Morgan fingerprint density at radius 3 is 2.65 bits per heavy atom. The molecule has 0 unspecified atom stereocenters. The predicted molar refractivity (Wildman–Crippen MR) is 63.7 cm³/mol. The van der Waals surface area contributed by atoms with Crippen molar-refractivity contribution in [2.75, 3.05) is 0 Å². The zero-order chi connectivity index (χ0) is 12.4. The van der Waals surface area contributed by atoms with Gasteiger partial charge in [0, 0.05) is 18.2 Å². The van der Waals surface area contributed by atoms with Crippen molar-refractivity contribution < 1.29 is 4.39 Å². The van der Waals surface area contributed by atoms with E-state index in [1.165, 1.54) is 6.07 Å². The van der Waals surface area contributed by atoms with Crippen molar-refractivity contribution in [3.05, 3.63) is 35.8 Å². The maximum Gasteiger partial charge on any atom is 0.132 e. The fourth-order valence-corrected chi connectivity index (χ4v) is 1.78. The number of hydrogen-bond acceptors (Lipinski definition) is 3. The summed E-state index contributed by atoms with van der Waals surface area (Å²) in [4.78, 5) is 0. The number of halogens is 1. The summed E-state index contributed by atoms with van der Waals surface area (Å²) >= 11 is 0. The molecule has 0 saturated heterocycles. The molecule has 0 spiro atoms. The van der Waals surface area contributed by atoms with E-state index in [-0.39, 0.29) is 18.4 Å². The van der Waals surface area contributed by atoms with Crippen LogP contribution in [0.1, 0.15) is 25.6 Å². The summed E-state index contributed by atoms with van der Waals surface area (Å²) in [5.41, 5.74) is 7.42. The van der Waals surface area contributed by atoms with Crippen LogP contribution < -0.4 is 5.73 Å². The highest BCUT2D eigenvalue weighted by Gasteiger charge is 2.17. The summed E-state index contributed by atoms with van der Waals surface area (Å²) in [7, 11) is 0. The molecule has 0 fully saturated rings. The molecule has 0 bridgehead atoms. The van der Waals surface area contributed by atoms with Crippen LogP contribution in [0.2, 0.25) is 0 Å². The van der Waals surface area contributed by atoms with Crippen LogP contribution in [0.5, 0.6) is 0 Å². The molecule has 0 saturated carbocycles. The Morgan fingerprint density at radius 1 is 1.35 bits per heavy atom. The number of rotatable bonds is 3. The summed E-state index contributed by atoms with van der Waals surface area (Å²) in [6.07, 6.45) is 0. The topological polar surface area (TPSA) is 56.7 Å². The fourth-order valence-electron chi connectivity index (χ4n) is 1.78. The highest BCUT2D eigenvalue weighted by atomic mass is 19.1. The summed E-state index contributed by atoms with van der Waals surface area (Å²) in [5.74, 6) is -0.307. The summed E-state index contributed by atoms with van der Waals surface area (Å²) in [5, 5.41) is 8.06. The van der Waals surface area contributed by atoms with Gasteiger partial charge in [0.1, 0.15) is 11.5 Å². The van der Waals surface area contributed by atoms with Crippen LogP contribution in [0.4, 0.5) is 4.39 Å². The molecule has 2 rings (SSSR count). The van der Waals surface area contributed by atoms with Gasteiger partial charge in [0.05, 0.1) is 5.69 Å². The molecule has 1 heterocycles. The quantitative estimate of drug-likeness (QED) is 0.885. The highest BCUT2D eigenvalue weighted by Crippen LogP contribution is 2.25. The number of benzene rings is 1. The van der Waals surface area contributed by atoms with Crippen LogP contribution in [0.3, 0.4) is 0 Å². The van der Waals surface area contributed by atoms with Crippen LogP contribution in [0.15, 0.2) is 24.3 Å². The molecule has 2 aromatic rings. The molecule has 1 aromatic carbocycles. The standard InChI is InChI=1S/C12H15FN4/c1-8(2)17-11(7-14)12(15-16-17)9-5-3-4-6-10(9)13/h3-6,8H,7,14H2,1-2H3. The van der Waals surface area contributed by atoms with Crippen LogP contribution in [0, 0.1) is 5.82 Å². The van der Waals surface area contributed by atoms with Crippen molar-refractivity contribution in [2.24, 2.45) is 5.73 Å². The second-order valence-electron chi connectivity index (χ2n) is 4.11. The van der Waals surface area contributed by atoms with Crippen molar-refractivity contribution >= 4 is 0 Å². The number of nitrogens with two attached hydrogens (primary N) is 1. The van der Waals surface area contributed by atoms with E-state index < -0.39 is 0 Å². The second-order valence-corrected chi connectivity index (χ2v) is 4.11. The van der Waals surface area contributed by atoms with Gasteiger partial charge in [-0.05, 0) is 26.0 Å². The Morgan fingerprint density at radius 2 is 2.06 bits per heavy atom. The van der Waals surface area contributed by atoms with E-state index in [2.05, 4.69) is 10.3 Å². The third kappa shape index (κ3) is 2.06. The highest BCUT2D eigenvalue weighted by molar-refractivity contribution is 5.62. The molecule has 0 aliphatic carbocycles. The van der Waals surface area contributed by atoms with Gasteiger partial charge in [0.2, 0.25) is 0 Å². The van der Waals surface area contributed by atoms with Gasteiger partial charge < -0.3 is 5.73 Å². The maximum absolute atomic E-state index is 13.7. The third-order valence-electron chi connectivity index (χ3n) is 2.60. The van der Waals surface area contributed by atoms with Crippen LogP contribution >= 0.6 is 0 Å². The minimum atomic E-state index is -0.307. The van der Waals surface area contributed by atoms with Gasteiger partial charge in [-0.1, -0.05) is 17.3 Å². The molecule has 90 valence electrons. The number of hydrogen-bond donors (Lipinski definition) is 1. The number of nitrogens with zero attached hydrogens (tertiary/aromatic N) is 3. The summed E-state index contributed by atoms with van der Waals surface area (Å²) in [6, 6.07) is 6.66. The molecule has 2 N–H and O–H groups in total. The summed E-state index contributed by atoms with van der Waals surface area (Å²) in [6.45, 7) is 4.26. The molecule has 0 atom stereocenters. The van der Waals surface area contributed by atoms with Gasteiger partial charge in [-0.2, -0.15) is 0 Å². The molecule has 5 heteroatoms. The smallest absolute Gasteiger partial charge is 0.132 e. The first kappa shape index (κ1) is 11.7. The Labute approximate surface area is 99.2 Å². The molecule has 1 aromatic heterocycles. The van der Waals surface area contributed by atoms with E-state index in [0.717, 1.165) is 5.69 Å². The molecule has 0 amide bonds. The lowest BCUT2D eigenvalue weighted by molar-refractivity contribution is 0.494. The molecule has 0 radical (unpaired) electrons. The summed E-state index contributed by atoms with van der Waals surface area (Å²) < 4.78 is 15.4. The molecule has 0 aliphatic rings. The SMILES string of the molecule is CC(C)n1nnc(-c2ccccc2F)c1CN. The minimum absolute atomic E-state index is 0.154.